The smallest absolute Gasteiger partial charge is 0.256 e. The van der Waals surface area contributed by atoms with Crippen LogP contribution < -0.4 is 10.1 Å². The zero-order valence-electron chi connectivity index (χ0n) is 18.8. The van der Waals surface area contributed by atoms with Gasteiger partial charge in [-0.2, -0.15) is 0 Å². The lowest BCUT2D eigenvalue weighted by atomic mass is 9.93. The number of ether oxygens (including phenoxy) is 2. The third kappa shape index (κ3) is 8.35. The Morgan fingerprint density at radius 3 is 2.38 bits per heavy atom. The summed E-state index contributed by atoms with van der Waals surface area (Å²) in [5.74, 6) is 1.12. The lowest BCUT2D eigenvalue weighted by molar-refractivity contribution is -0.140. The van der Waals surface area contributed by atoms with Gasteiger partial charge in [0, 0.05) is 18.8 Å². The molecule has 0 bridgehead atoms. The molecule has 1 aromatic rings. The van der Waals surface area contributed by atoms with Crippen LogP contribution in [0, 0.1) is 5.92 Å². The fourth-order valence-electron chi connectivity index (χ4n) is 4.05. The first-order chi connectivity index (χ1) is 13.9. The topological polar surface area (TPSA) is 50.8 Å². The number of rotatable bonds is 11. The standard InChI is InChI=1S/C24H40N2O3/c1-5-29-24(4,19-20(2)3)23(27)25-21-11-13-22(14-12-21)28-18-10-17-26-15-8-6-7-9-16-26/h11-14,20H,5-10,15-19H2,1-4H3,(H,25,27)/t24-/m1/s1. The van der Waals surface area contributed by atoms with E-state index in [4.69, 9.17) is 9.47 Å². The van der Waals surface area contributed by atoms with Gasteiger partial charge in [-0.15, -0.1) is 0 Å². The highest BCUT2D eigenvalue weighted by Gasteiger charge is 2.34. The van der Waals surface area contributed by atoms with E-state index in [1.54, 1.807) is 0 Å². The van der Waals surface area contributed by atoms with Crippen LogP contribution >= 0.6 is 0 Å². The molecular weight excluding hydrogens is 364 g/mol. The minimum Gasteiger partial charge on any atom is -0.494 e. The summed E-state index contributed by atoms with van der Waals surface area (Å²) in [6, 6.07) is 7.62. The SMILES string of the molecule is CCO[C@](C)(CC(C)C)C(=O)Nc1ccc(OCCCN2CCCCCC2)cc1. The fraction of sp³-hybridized carbons (Fsp3) is 0.708. The van der Waals surface area contributed by atoms with Crippen LogP contribution in [0.25, 0.3) is 0 Å². The van der Waals surface area contributed by atoms with Crippen LogP contribution in [-0.4, -0.2) is 49.3 Å². The van der Waals surface area contributed by atoms with Gasteiger partial charge in [0.1, 0.15) is 11.4 Å². The van der Waals surface area contributed by atoms with Gasteiger partial charge in [-0.3, -0.25) is 4.79 Å². The van der Waals surface area contributed by atoms with Crippen molar-refractivity contribution >= 4 is 11.6 Å². The number of hydrogen-bond donors (Lipinski definition) is 1. The molecule has 5 heteroatoms. The summed E-state index contributed by atoms with van der Waals surface area (Å²) in [4.78, 5) is 15.3. The van der Waals surface area contributed by atoms with Gasteiger partial charge in [-0.05, 0) is 82.8 Å². The number of carbonyl (C=O) groups is 1. The van der Waals surface area contributed by atoms with Gasteiger partial charge in [-0.1, -0.05) is 26.7 Å². The third-order valence-electron chi connectivity index (χ3n) is 5.44. The molecule has 0 spiro atoms. The highest BCUT2D eigenvalue weighted by Crippen LogP contribution is 2.24. The van der Waals surface area contributed by atoms with E-state index in [1.165, 1.54) is 38.8 Å². The summed E-state index contributed by atoms with van der Waals surface area (Å²) in [7, 11) is 0. The number of benzene rings is 1. The molecule has 164 valence electrons. The number of amides is 1. The van der Waals surface area contributed by atoms with E-state index in [9.17, 15) is 4.79 Å². The Hall–Kier alpha value is -1.59. The quantitative estimate of drug-likeness (QED) is 0.521. The zero-order valence-corrected chi connectivity index (χ0v) is 18.8. The number of hydrogen-bond acceptors (Lipinski definition) is 4. The van der Waals surface area contributed by atoms with E-state index in [0.717, 1.165) is 31.0 Å². The maximum absolute atomic E-state index is 12.8. The molecule has 0 radical (unpaired) electrons. The Labute approximate surface area is 177 Å². The summed E-state index contributed by atoms with van der Waals surface area (Å²) < 4.78 is 11.7. The number of anilines is 1. The van der Waals surface area contributed by atoms with Crippen LogP contribution in [-0.2, 0) is 9.53 Å². The van der Waals surface area contributed by atoms with Gasteiger partial charge >= 0.3 is 0 Å². The van der Waals surface area contributed by atoms with Crippen molar-refractivity contribution in [2.24, 2.45) is 5.92 Å². The van der Waals surface area contributed by atoms with Crippen molar-refractivity contribution in [1.29, 1.82) is 0 Å². The molecule has 0 aliphatic carbocycles. The Balaban J connectivity index is 1.77. The van der Waals surface area contributed by atoms with Gasteiger partial charge in [0.05, 0.1) is 6.61 Å². The molecule has 0 unspecified atom stereocenters. The van der Waals surface area contributed by atoms with Crippen LogP contribution in [0.2, 0.25) is 0 Å². The summed E-state index contributed by atoms with van der Waals surface area (Å²) in [5.41, 5.74) is -0.0487. The van der Waals surface area contributed by atoms with Gasteiger partial charge in [0.2, 0.25) is 0 Å². The highest BCUT2D eigenvalue weighted by atomic mass is 16.5. The minimum absolute atomic E-state index is 0.0980. The van der Waals surface area contributed by atoms with E-state index in [0.29, 0.717) is 18.9 Å². The molecule has 1 N–H and O–H groups in total. The third-order valence-corrected chi connectivity index (χ3v) is 5.44. The van der Waals surface area contributed by atoms with E-state index < -0.39 is 5.60 Å². The van der Waals surface area contributed by atoms with Crippen molar-refractivity contribution in [1.82, 2.24) is 4.90 Å². The zero-order chi connectivity index (χ0) is 21.1. The number of nitrogens with one attached hydrogen (secondary N) is 1. The van der Waals surface area contributed by atoms with Crippen LogP contribution in [0.3, 0.4) is 0 Å². The molecule has 1 aromatic carbocycles. The maximum atomic E-state index is 12.8. The number of nitrogens with zero attached hydrogens (tertiary/aromatic N) is 1. The van der Waals surface area contributed by atoms with Crippen LogP contribution in [0.1, 0.15) is 66.2 Å². The van der Waals surface area contributed by atoms with E-state index >= 15 is 0 Å². The second-order valence-electron chi connectivity index (χ2n) is 8.70. The van der Waals surface area contributed by atoms with E-state index in [1.807, 2.05) is 38.1 Å². The first-order valence-electron chi connectivity index (χ1n) is 11.3. The Bertz CT molecular complexity index is 595. The lowest BCUT2D eigenvalue weighted by Gasteiger charge is -2.29. The maximum Gasteiger partial charge on any atom is 0.256 e. The van der Waals surface area contributed by atoms with Crippen molar-refractivity contribution in [3.8, 4) is 5.75 Å². The minimum atomic E-state index is -0.814. The molecule has 1 amide bonds. The second-order valence-corrected chi connectivity index (χ2v) is 8.70. The molecule has 1 heterocycles. The number of likely N-dealkylation sites (tertiary alicyclic amines) is 1. The fourth-order valence-corrected chi connectivity index (χ4v) is 4.05. The molecule has 2 rings (SSSR count). The molecule has 1 aliphatic heterocycles. The molecule has 1 aliphatic rings. The van der Waals surface area contributed by atoms with Crippen LogP contribution in [0.5, 0.6) is 5.75 Å². The summed E-state index contributed by atoms with van der Waals surface area (Å²) in [6.45, 7) is 12.8. The predicted octanol–water partition coefficient (Wildman–Crippen LogP) is 5.11. The molecule has 1 saturated heterocycles. The predicted molar refractivity (Wildman–Crippen MR) is 120 cm³/mol. The molecule has 5 nitrogen and oxygen atoms in total. The van der Waals surface area contributed by atoms with Gasteiger partial charge in [0.25, 0.3) is 5.91 Å². The average molecular weight is 405 g/mol. The van der Waals surface area contributed by atoms with Crippen LogP contribution in [0.15, 0.2) is 24.3 Å². The molecule has 1 atom stereocenters. The first kappa shape index (κ1) is 23.7. The van der Waals surface area contributed by atoms with Gasteiger partial charge in [-0.25, -0.2) is 0 Å². The lowest BCUT2D eigenvalue weighted by Crippen LogP contribution is -2.43. The van der Waals surface area contributed by atoms with Gasteiger partial charge in [0.15, 0.2) is 0 Å². The largest absolute Gasteiger partial charge is 0.494 e. The average Bonchev–Trinajstić information content (AvgIpc) is 2.95. The van der Waals surface area contributed by atoms with E-state index in [2.05, 4.69) is 24.1 Å². The van der Waals surface area contributed by atoms with E-state index in [-0.39, 0.29) is 5.91 Å². The van der Waals surface area contributed by atoms with Crippen molar-refractivity contribution in [2.45, 2.75) is 71.8 Å². The molecule has 0 saturated carbocycles. The second kappa shape index (κ2) is 12.2. The Morgan fingerprint density at radius 2 is 1.79 bits per heavy atom. The molecule has 0 aromatic heterocycles. The normalized spacial score (nSPS) is 17.6. The number of carbonyl (C=O) groups excluding carboxylic acids is 1. The van der Waals surface area contributed by atoms with Crippen LogP contribution in [0.4, 0.5) is 5.69 Å². The van der Waals surface area contributed by atoms with Crippen molar-refractivity contribution in [3.63, 3.8) is 0 Å². The summed E-state index contributed by atoms with van der Waals surface area (Å²) in [6.07, 6.45) is 7.13. The van der Waals surface area contributed by atoms with Crippen molar-refractivity contribution in [3.05, 3.63) is 24.3 Å². The monoisotopic (exact) mass is 404 g/mol. The highest BCUT2D eigenvalue weighted by molar-refractivity contribution is 5.97. The van der Waals surface area contributed by atoms with Gasteiger partial charge < -0.3 is 19.7 Å². The Kier molecular flexibility index (Phi) is 9.95. The first-order valence-corrected chi connectivity index (χ1v) is 11.3. The van der Waals surface area contributed by atoms with Crippen molar-refractivity contribution < 1.29 is 14.3 Å². The summed E-state index contributed by atoms with van der Waals surface area (Å²) in [5, 5.41) is 2.99. The molecular formula is C24H40N2O3. The van der Waals surface area contributed by atoms with Crippen molar-refractivity contribution in [2.75, 3.05) is 38.2 Å². The molecule has 1 fully saturated rings. The summed E-state index contributed by atoms with van der Waals surface area (Å²) >= 11 is 0. The molecule has 29 heavy (non-hydrogen) atoms. The Morgan fingerprint density at radius 1 is 1.14 bits per heavy atom.